The smallest absolute Gasteiger partial charge is 0.406 e. The first kappa shape index (κ1) is 20.6. The molecule has 0 aliphatic heterocycles. The van der Waals surface area contributed by atoms with Gasteiger partial charge in [0, 0.05) is 11.4 Å². The first-order chi connectivity index (χ1) is 12.7. The van der Waals surface area contributed by atoms with Gasteiger partial charge >= 0.3 is 6.18 Å². The van der Waals surface area contributed by atoms with Gasteiger partial charge < -0.3 is 19.9 Å². The molecule has 1 heterocycles. The molecule has 0 saturated carbocycles. The Bertz CT molecular complexity index is 779. The van der Waals surface area contributed by atoms with Crippen LogP contribution < -0.4 is 5.73 Å². The number of carbonyl (C=O) groups is 1. The van der Waals surface area contributed by atoms with Gasteiger partial charge in [-0.15, -0.1) is 0 Å². The number of alkyl halides is 3. The molecule has 1 amide bonds. The number of nitrogens with two attached hydrogens (primary N) is 1. The SMILES string of the molecule is N/C(Cc1ccccc1Cl)=N\OCC(=O)N(Cc1ccco1)CC(F)(F)F. The Morgan fingerprint density at radius 1 is 1.26 bits per heavy atom. The number of nitrogens with zero attached hydrogens (tertiary/aromatic N) is 2. The fourth-order valence-electron chi connectivity index (χ4n) is 2.17. The predicted octanol–water partition coefficient (Wildman–Crippen LogP) is 3.36. The van der Waals surface area contributed by atoms with E-state index in [1.807, 2.05) is 0 Å². The highest BCUT2D eigenvalue weighted by atomic mass is 35.5. The van der Waals surface area contributed by atoms with Gasteiger partial charge in [-0.25, -0.2) is 0 Å². The summed E-state index contributed by atoms with van der Waals surface area (Å²) in [4.78, 5) is 17.5. The molecule has 10 heteroatoms. The molecule has 0 atom stereocenters. The molecule has 0 saturated heterocycles. The lowest BCUT2D eigenvalue weighted by atomic mass is 10.1. The maximum absolute atomic E-state index is 12.7. The molecule has 1 aromatic heterocycles. The number of benzene rings is 1. The van der Waals surface area contributed by atoms with Crippen molar-refractivity contribution in [2.45, 2.75) is 19.1 Å². The number of carbonyl (C=O) groups excluding carboxylic acids is 1. The molecule has 1 aromatic carbocycles. The molecule has 2 rings (SSSR count). The van der Waals surface area contributed by atoms with E-state index in [2.05, 4.69) is 5.16 Å². The van der Waals surface area contributed by atoms with Crippen LogP contribution in [0.4, 0.5) is 13.2 Å². The lowest BCUT2D eigenvalue weighted by Crippen LogP contribution is -2.40. The van der Waals surface area contributed by atoms with Gasteiger partial charge in [0.05, 0.1) is 12.8 Å². The quantitative estimate of drug-likeness (QED) is 0.416. The van der Waals surface area contributed by atoms with E-state index in [4.69, 9.17) is 26.6 Å². The second kappa shape index (κ2) is 9.31. The zero-order chi connectivity index (χ0) is 19.9. The predicted molar refractivity (Wildman–Crippen MR) is 92.9 cm³/mol. The molecule has 2 aromatic rings. The third-order valence-corrected chi connectivity index (χ3v) is 3.72. The zero-order valence-electron chi connectivity index (χ0n) is 14.1. The Morgan fingerprint density at radius 3 is 2.63 bits per heavy atom. The minimum absolute atomic E-state index is 0.0318. The van der Waals surface area contributed by atoms with Crippen LogP contribution in [0.2, 0.25) is 5.02 Å². The lowest BCUT2D eigenvalue weighted by Gasteiger charge is -2.22. The topological polar surface area (TPSA) is 81.1 Å². The fraction of sp³-hybridized carbons (Fsp3) is 0.294. The Balaban J connectivity index is 1.92. The van der Waals surface area contributed by atoms with E-state index in [-0.39, 0.29) is 24.6 Å². The van der Waals surface area contributed by atoms with Crippen LogP contribution in [0.5, 0.6) is 0 Å². The van der Waals surface area contributed by atoms with E-state index in [9.17, 15) is 18.0 Å². The van der Waals surface area contributed by atoms with Crippen molar-refractivity contribution in [3.8, 4) is 0 Å². The summed E-state index contributed by atoms with van der Waals surface area (Å²) in [6.45, 7) is -2.47. The van der Waals surface area contributed by atoms with E-state index in [0.29, 0.717) is 15.5 Å². The highest BCUT2D eigenvalue weighted by molar-refractivity contribution is 6.31. The molecule has 0 spiro atoms. The van der Waals surface area contributed by atoms with Crippen molar-refractivity contribution in [1.82, 2.24) is 4.90 Å². The van der Waals surface area contributed by atoms with Crippen molar-refractivity contribution in [3.63, 3.8) is 0 Å². The summed E-state index contributed by atoms with van der Waals surface area (Å²) in [7, 11) is 0. The zero-order valence-corrected chi connectivity index (χ0v) is 14.8. The lowest BCUT2D eigenvalue weighted by molar-refractivity contribution is -0.165. The Hall–Kier alpha value is -2.68. The third kappa shape index (κ3) is 7.22. The molecule has 27 heavy (non-hydrogen) atoms. The molecule has 0 bridgehead atoms. The molecule has 0 fully saturated rings. The summed E-state index contributed by atoms with van der Waals surface area (Å²) in [5.41, 5.74) is 6.40. The molecule has 2 N–H and O–H groups in total. The van der Waals surface area contributed by atoms with E-state index in [1.54, 1.807) is 24.3 Å². The van der Waals surface area contributed by atoms with Crippen LogP contribution in [-0.4, -0.2) is 36.0 Å². The molecule has 0 unspecified atom stereocenters. The Morgan fingerprint density at radius 2 is 2.00 bits per heavy atom. The molecule has 0 aliphatic rings. The molecular formula is C17H17ClF3N3O3. The third-order valence-electron chi connectivity index (χ3n) is 3.35. The minimum Gasteiger partial charge on any atom is -0.467 e. The first-order valence-electron chi connectivity index (χ1n) is 7.79. The highest BCUT2D eigenvalue weighted by Crippen LogP contribution is 2.19. The average molecular weight is 404 g/mol. The Labute approximate surface area is 158 Å². The van der Waals surface area contributed by atoms with Gasteiger partial charge in [0.15, 0.2) is 6.61 Å². The van der Waals surface area contributed by atoms with E-state index < -0.39 is 25.2 Å². The average Bonchev–Trinajstić information content (AvgIpc) is 3.08. The number of hydrogen-bond acceptors (Lipinski definition) is 4. The summed E-state index contributed by atoms with van der Waals surface area (Å²) in [5.74, 6) is -0.656. The van der Waals surface area contributed by atoms with Crippen molar-refractivity contribution in [2.75, 3.05) is 13.2 Å². The fourth-order valence-corrected chi connectivity index (χ4v) is 2.37. The number of halogens is 4. The normalized spacial score (nSPS) is 12.1. The Kier molecular flexibility index (Phi) is 7.12. The minimum atomic E-state index is -4.56. The monoisotopic (exact) mass is 403 g/mol. The molecular weight excluding hydrogens is 387 g/mol. The summed E-state index contributed by atoms with van der Waals surface area (Å²) < 4.78 is 43.1. The maximum Gasteiger partial charge on any atom is 0.406 e. The van der Waals surface area contributed by atoms with Crippen molar-refractivity contribution < 1.29 is 27.2 Å². The van der Waals surface area contributed by atoms with Gasteiger partial charge in [-0.05, 0) is 23.8 Å². The van der Waals surface area contributed by atoms with Gasteiger partial charge in [-0.1, -0.05) is 35.0 Å². The number of amidine groups is 1. The van der Waals surface area contributed by atoms with Crippen LogP contribution in [0.3, 0.4) is 0 Å². The first-order valence-corrected chi connectivity index (χ1v) is 8.17. The number of amides is 1. The van der Waals surface area contributed by atoms with E-state index in [0.717, 1.165) is 0 Å². The highest BCUT2D eigenvalue weighted by Gasteiger charge is 2.33. The van der Waals surface area contributed by atoms with Gasteiger partial charge in [0.1, 0.15) is 18.1 Å². The van der Waals surface area contributed by atoms with Gasteiger partial charge in [-0.2, -0.15) is 13.2 Å². The second-order valence-electron chi connectivity index (χ2n) is 5.57. The van der Waals surface area contributed by atoms with Crippen LogP contribution in [0.15, 0.2) is 52.2 Å². The van der Waals surface area contributed by atoms with Gasteiger partial charge in [-0.3, -0.25) is 4.79 Å². The van der Waals surface area contributed by atoms with Crippen molar-refractivity contribution in [2.24, 2.45) is 10.9 Å². The van der Waals surface area contributed by atoms with E-state index in [1.165, 1.54) is 18.4 Å². The van der Waals surface area contributed by atoms with Crippen molar-refractivity contribution in [3.05, 3.63) is 59.0 Å². The molecule has 146 valence electrons. The number of furan rings is 1. The van der Waals surface area contributed by atoms with Crippen LogP contribution in [0, 0.1) is 0 Å². The standard InChI is InChI=1S/C17H17ClF3N3O3/c18-14-6-2-1-4-12(14)8-15(22)23-27-10-16(25)24(11-17(19,20)21)9-13-5-3-7-26-13/h1-7H,8-11H2,(H2,22,23). The molecule has 6 nitrogen and oxygen atoms in total. The van der Waals surface area contributed by atoms with Crippen LogP contribution in [0.25, 0.3) is 0 Å². The van der Waals surface area contributed by atoms with Crippen LogP contribution in [0.1, 0.15) is 11.3 Å². The largest absolute Gasteiger partial charge is 0.467 e. The number of rotatable bonds is 8. The maximum atomic E-state index is 12.7. The summed E-state index contributed by atoms with van der Waals surface area (Å²) in [6, 6.07) is 9.92. The second-order valence-corrected chi connectivity index (χ2v) is 5.98. The van der Waals surface area contributed by atoms with Crippen molar-refractivity contribution >= 4 is 23.3 Å². The van der Waals surface area contributed by atoms with Crippen LogP contribution >= 0.6 is 11.6 Å². The summed E-state index contributed by atoms with van der Waals surface area (Å²) in [5, 5.41) is 4.05. The summed E-state index contributed by atoms with van der Waals surface area (Å²) >= 11 is 6.00. The number of oxime groups is 1. The van der Waals surface area contributed by atoms with Crippen LogP contribution in [-0.2, 0) is 22.6 Å². The van der Waals surface area contributed by atoms with Gasteiger partial charge in [0.2, 0.25) is 0 Å². The summed E-state index contributed by atoms with van der Waals surface area (Å²) in [6.07, 6.45) is -3.08. The van der Waals surface area contributed by atoms with Gasteiger partial charge in [0.25, 0.3) is 5.91 Å². The van der Waals surface area contributed by atoms with E-state index >= 15 is 0 Å². The molecule has 0 aliphatic carbocycles. The number of hydrogen-bond donors (Lipinski definition) is 1. The molecule has 0 radical (unpaired) electrons. The van der Waals surface area contributed by atoms with Crippen molar-refractivity contribution in [1.29, 1.82) is 0 Å².